The van der Waals surface area contributed by atoms with Gasteiger partial charge in [0.25, 0.3) is 0 Å². The fourth-order valence-electron chi connectivity index (χ4n) is 2.62. The van der Waals surface area contributed by atoms with Gasteiger partial charge in [0.2, 0.25) is 0 Å². The smallest absolute Gasteiger partial charge is 0.0713 e. The highest BCUT2D eigenvalue weighted by Gasteiger charge is 2.35. The molecule has 1 aliphatic carbocycles. The molecular weight excluding hydrogens is 220 g/mol. The number of hydrogen-bond acceptors (Lipinski definition) is 1. The standard InChI is InChI=1S/C14H19ClO/c1-11-4-2-3-9-14(11,16)10-12-5-7-13(15)8-6-12/h5-8,11,16H,2-4,9-10H2,1H3. The first-order valence-electron chi connectivity index (χ1n) is 6.07. The molecule has 0 heterocycles. The molecule has 0 saturated heterocycles. The zero-order chi connectivity index (χ0) is 11.6. The monoisotopic (exact) mass is 238 g/mol. The Morgan fingerprint density at radius 3 is 2.62 bits per heavy atom. The predicted octanol–water partition coefficient (Wildman–Crippen LogP) is 3.82. The summed E-state index contributed by atoms with van der Waals surface area (Å²) in [5.74, 6) is 0.400. The van der Waals surface area contributed by atoms with Gasteiger partial charge in [-0.05, 0) is 36.5 Å². The van der Waals surface area contributed by atoms with Gasteiger partial charge in [-0.1, -0.05) is 43.5 Å². The Bertz CT molecular complexity index is 346. The molecule has 1 aromatic rings. The largest absolute Gasteiger partial charge is 0.389 e. The Morgan fingerprint density at radius 1 is 1.31 bits per heavy atom. The summed E-state index contributed by atoms with van der Waals surface area (Å²) < 4.78 is 0. The van der Waals surface area contributed by atoms with Crippen molar-refractivity contribution >= 4 is 11.6 Å². The van der Waals surface area contributed by atoms with Gasteiger partial charge in [0.1, 0.15) is 0 Å². The molecule has 0 radical (unpaired) electrons. The molecule has 0 aliphatic heterocycles. The van der Waals surface area contributed by atoms with Crippen molar-refractivity contribution in [1.82, 2.24) is 0 Å². The first-order valence-corrected chi connectivity index (χ1v) is 6.45. The van der Waals surface area contributed by atoms with Crippen molar-refractivity contribution in [3.63, 3.8) is 0 Å². The molecule has 1 aliphatic rings. The van der Waals surface area contributed by atoms with Gasteiger partial charge in [-0.2, -0.15) is 0 Å². The lowest BCUT2D eigenvalue weighted by molar-refractivity contribution is -0.0405. The molecule has 1 aromatic carbocycles. The van der Waals surface area contributed by atoms with Crippen LogP contribution in [0.4, 0.5) is 0 Å². The van der Waals surface area contributed by atoms with Crippen LogP contribution in [-0.2, 0) is 6.42 Å². The molecule has 1 N–H and O–H groups in total. The van der Waals surface area contributed by atoms with Gasteiger partial charge >= 0.3 is 0 Å². The summed E-state index contributed by atoms with van der Waals surface area (Å²) in [6.45, 7) is 2.16. The quantitative estimate of drug-likeness (QED) is 0.831. The molecule has 1 nitrogen and oxygen atoms in total. The van der Waals surface area contributed by atoms with Crippen LogP contribution in [0.3, 0.4) is 0 Å². The van der Waals surface area contributed by atoms with E-state index in [9.17, 15) is 5.11 Å². The highest BCUT2D eigenvalue weighted by atomic mass is 35.5. The first kappa shape index (κ1) is 11.9. The van der Waals surface area contributed by atoms with Crippen LogP contribution < -0.4 is 0 Å². The second kappa shape index (κ2) is 4.77. The van der Waals surface area contributed by atoms with Crippen LogP contribution in [-0.4, -0.2) is 10.7 Å². The molecule has 2 unspecified atom stereocenters. The van der Waals surface area contributed by atoms with Crippen LogP contribution >= 0.6 is 11.6 Å². The van der Waals surface area contributed by atoms with Crippen LogP contribution in [0, 0.1) is 5.92 Å². The topological polar surface area (TPSA) is 20.2 Å². The number of rotatable bonds is 2. The summed E-state index contributed by atoms with van der Waals surface area (Å²) in [5, 5.41) is 11.4. The Morgan fingerprint density at radius 2 is 2.00 bits per heavy atom. The van der Waals surface area contributed by atoms with Gasteiger partial charge in [-0.25, -0.2) is 0 Å². The normalized spacial score (nSPS) is 30.3. The van der Waals surface area contributed by atoms with Gasteiger partial charge in [-0.15, -0.1) is 0 Å². The minimum atomic E-state index is -0.508. The average molecular weight is 239 g/mol. The Kier molecular flexibility index (Phi) is 3.56. The van der Waals surface area contributed by atoms with Crippen molar-refractivity contribution in [2.24, 2.45) is 5.92 Å². The second-order valence-corrected chi connectivity index (χ2v) is 5.49. The molecule has 16 heavy (non-hydrogen) atoms. The van der Waals surface area contributed by atoms with E-state index in [4.69, 9.17) is 11.6 Å². The van der Waals surface area contributed by atoms with Crippen LogP contribution in [0.15, 0.2) is 24.3 Å². The third-order valence-corrected chi connectivity index (χ3v) is 4.09. The molecule has 2 atom stereocenters. The van der Waals surface area contributed by atoms with Crippen molar-refractivity contribution in [1.29, 1.82) is 0 Å². The maximum atomic E-state index is 10.6. The van der Waals surface area contributed by atoms with Gasteiger partial charge in [-0.3, -0.25) is 0 Å². The molecule has 88 valence electrons. The maximum Gasteiger partial charge on any atom is 0.0713 e. The molecule has 0 bridgehead atoms. The van der Waals surface area contributed by atoms with E-state index in [1.54, 1.807) is 0 Å². The molecule has 0 spiro atoms. The van der Waals surface area contributed by atoms with Gasteiger partial charge in [0, 0.05) is 11.4 Å². The number of benzene rings is 1. The van der Waals surface area contributed by atoms with E-state index in [2.05, 4.69) is 6.92 Å². The molecule has 0 amide bonds. The molecule has 1 fully saturated rings. The summed E-state index contributed by atoms with van der Waals surface area (Å²) in [4.78, 5) is 0. The molecule has 2 heteroatoms. The number of aliphatic hydroxyl groups is 1. The van der Waals surface area contributed by atoms with Gasteiger partial charge < -0.3 is 5.11 Å². The Hall–Kier alpha value is -0.530. The van der Waals surface area contributed by atoms with E-state index in [0.29, 0.717) is 5.92 Å². The lowest BCUT2D eigenvalue weighted by Gasteiger charge is -2.38. The maximum absolute atomic E-state index is 10.6. The van der Waals surface area contributed by atoms with Crippen LogP contribution in [0.25, 0.3) is 0 Å². The lowest BCUT2D eigenvalue weighted by atomic mass is 9.73. The zero-order valence-corrected chi connectivity index (χ0v) is 10.5. The average Bonchev–Trinajstić information content (AvgIpc) is 2.26. The first-order chi connectivity index (χ1) is 7.60. The third-order valence-electron chi connectivity index (χ3n) is 3.84. The zero-order valence-electron chi connectivity index (χ0n) is 9.75. The van der Waals surface area contributed by atoms with E-state index in [1.807, 2.05) is 24.3 Å². The third kappa shape index (κ3) is 2.58. The van der Waals surface area contributed by atoms with Crippen molar-refractivity contribution in [3.05, 3.63) is 34.9 Å². The summed E-state index contributed by atoms with van der Waals surface area (Å²) in [6.07, 6.45) is 5.23. The van der Waals surface area contributed by atoms with Gasteiger partial charge in [0.05, 0.1) is 5.60 Å². The molecular formula is C14H19ClO. The van der Waals surface area contributed by atoms with Crippen LogP contribution in [0.5, 0.6) is 0 Å². The van der Waals surface area contributed by atoms with Crippen molar-refractivity contribution in [2.75, 3.05) is 0 Å². The summed E-state index contributed by atoms with van der Waals surface area (Å²) in [6, 6.07) is 7.82. The fraction of sp³-hybridized carbons (Fsp3) is 0.571. The van der Waals surface area contributed by atoms with Crippen molar-refractivity contribution in [3.8, 4) is 0 Å². The Labute approximate surface area is 102 Å². The van der Waals surface area contributed by atoms with Crippen LogP contribution in [0.2, 0.25) is 5.02 Å². The van der Waals surface area contributed by atoms with E-state index >= 15 is 0 Å². The molecule has 0 aromatic heterocycles. The minimum absolute atomic E-state index is 0.400. The fourth-order valence-corrected chi connectivity index (χ4v) is 2.74. The molecule has 2 rings (SSSR count). The highest BCUT2D eigenvalue weighted by Crippen LogP contribution is 2.36. The second-order valence-electron chi connectivity index (χ2n) is 5.05. The van der Waals surface area contributed by atoms with Crippen molar-refractivity contribution in [2.45, 2.75) is 44.6 Å². The van der Waals surface area contributed by atoms with E-state index in [0.717, 1.165) is 30.7 Å². The van der Waals surface area contributed by atoms with Gasteiger partial charge in [0.15, 0.2) is 0 Å². The minimum Gasteiger partial charge on any atom is -0.389 e. The lowest BCUT2D eigenvalue weighted by Crippen LogP contribution is -2.41. The number of hydrogen-bond donors (Lipinski definition) is 1. The van der Waals surface area contributed by atoms with E-state index in [1.165, 1.54) is 12.0 Å². The Balaban J connectivity index is 2.10. The molecule has 1 saturated carbocycles. The van der Waals surface area contributed by atoms with Crippen LogP contribution in [0.1, 0.15) is 38.2 Å². The summed E-state index contributed by atoms with van der Waals surface area (Å²) >= 11 is 5.86. The number of halogens is 1. The predicted molar refractivity (Wildman–Crippen MR) is 67.7 cm³/mol. The van der Waals surface area contributed by atoms with Crippen molar-refractivity contribution < 1.29 is 5.11 Å². The summed E-state index contributed by atoms with van der Waals surface area (Å²) in [7, 11) is 0. The SMILES string of the molecule is CC1CCCCC1(O)Cc1ccc(Cl)cc1. The summed E-state index contributed by atoms with van der Waals surface area (Å²) in [5.41, 5.74) is 0.673. The van der Waals surface area contributed by atoms with E-state index < -0.39 is 5.60 Å². The van der Waals surface area contributed by atoms with E-state index in [-0.39, 0.29) is 0 Å². The highest BCUT2D eigenvalue weighted by molar-refractivity contribution is 6.30.